The molecule has 5 heteroatoms. The quantitative estimate of drug-likeness (QED) is 0.896. The summed E-state index contributed by atoms with van der Waals surface area (Å²) in [6.07, 6.45) is 3.01. The lowest BCUT2D eigenvalue weighted by Crippen LogP contribution is -2.35. The summed E-state index contributed by atoms with van der Waals surface area (Å²) < 4.78 is 0. The van der Waals surface area contributed by atoms with Crippen molar-refractivity contribution in [1.29, 1.82) is 0 Å². The van der Waals surface area contributed by atoms with Gasteiger partial charge in [0.25, 0.3) is 0 Å². The molecule has 1 unspecified atom stereocenters. The third kappa shape index (κ3) is 3.90. The van der Waals surface area contributed by atoms with Crippen molar-refractivity contribution in [3.8, 4) is 0 Å². The minimum atomic E-state index is 0.571. The monoisotopic (exact) mass is 277 g/mol. The van der Waals surface area contributed by atoms with Crippen molar-refractivity contribution in [2.24, 2.45) is 11.7 Å². The molecule has 1 aromatic rings. The molecule has 2 N–H and O–H groups in total. The predicted octanol–water partition coefficient (Wildman–Crippen LogP) is 1.20. The van der Waals surface area contributed by atoms with E-state index in [2.05, 4.69) is 26.7 Å². The Labute approximate surface area is 122 Å². The Balaban J connectivity index is 2.00. The van der Waals surface area contributed by atoms with E-state index in [1.807, 2.05) is 20.0 Å². The van der Waals surface area contributed by atoms with Crippen LogP contribution in [0.25, 0.3) is 0 Å². The molecule has 20 heavy (non-hydrogen) atoms. The van der Waals surface area contributed by atoms with E-state index in [4.69, 9.17) is 5.73 Å². The molecule has 0 amide bonds. The average Bonchev–Trinajstić information content (AvgIpc) is 2.67. The zero-order chi connectivity index (χ0) is 14.5. The van der Waals surface area contributed by atoms with Crippen LogP contribution in [0.1, 0.15) is 24.7 Å². The Morgan fingerprint density at radius 2 is 2.05 bits per heavy atom. The number of anilines is 1. The Morgan fingerprint density at radius 1 is 1.25 bits per heavy atom. The molecule has 0 bridgehead atoms. The van der Waals surface area contributed by atoms with Gasteiger partial charge in [0, 0.05) is 32.4 Å². The van der Waals surface area contributed by atoms with Crippen molar-refractivity contribution >= 4 is 5.82 Å². The van der Waals surface area contributed by atoms with E-state index >= 15 is 0 Å². The van der Waals surface area contributed by atoms with Gasteiger partial charge in [-0.05, 0) is 39.3 Å². The van der Waals surface area contributed by atoms with Gasteiger partial charge in [0.1, 0.15) is 5.82 Å². The highest BCUT2D eigenvalue weighted by atomic mass is 15.3. The number of aryl methyl sites for hydroxylation is 2. The molecule has 0 radical (unpaired) electrons. The molecule has 2 rings (SSSR count). The van der Waals surface area contributed by atoms with Crippen LogP contribution in [0.15, 0.2) is 6.20 Å². The minimum absolute atomic E-state index is 0.571. The molecule has 112 valence electrons. The van der Waals surface area contributed by atoms with Gasteiger partial charge < -0.3 is 15.5 Å². The van der Waals surface area contributed by atoms with Gasteiger partial charge in [-0.3, -0.25) is 4.98 Å². The maximum absolute atomic E-state index is 5.73. The van der Waals surface area contributed by atoms with Gasteiger partial charge in [0.2, 0.25) is 0 Å². The smallest absolute Gasteiger partial charge is 0.150 e. The first-order valence-electron chi connectivity index (χ1n) is 7.57. The number of hydrogen-bond acceptors (Lipinski definition) is 5. The van der Waals surface area contributed by atoms with E-state index in [0.717, 1.165) is 56.5 Å². The van der Waals surface area contributed by atoms with E-state index in [1.54, 1.807) is 0 Å². The zero-order valence-corrected chi connectivity index (χ0v) is 13.0. The molecule has 5 nitrogen and oxygen atoms in total. The maximum atomic E-state index is 5.73. The Bertz CT molecular complexity index is 434. The minimum Gasteiger partial charge on any atom is -0.354 e. The number of nitrogens with zero attached hydrogens (tertiary/aromatic N) is 4. The molecular weight excluding hydrogens is 250 g/mol. The van der Waals surface area contributed by atoms with Crippen LogP contribution in [-0.2, 0) is 0 Å². The summed E-state index contributed by atoms with van der Waals surface area (Å²) in [6.45, 7) is 12.5. The standard InChI is InChI=1S/C15H27N5/c1-12(9-16)11-19-5-4-6-20(8-7-19)15-14(3)17-10-13(2)18-15/h10,12H,4-9,11,16H2,1-3H3. The number of nitrogens with two attached hydrogens (primary N) is 1. The Hall–Kier alpha value is -1.20. The molecule has 0 saturated carbocycles. The topological polar surface area (TPSA) is 58.3 Å². The lowest BCUT2D eigenvalue weighted by Gasteiger charge is -2.25. The molecule has 1 aliphatic rings. The molecule has 1 fully saturated rings. The van der Waals surface area contributed by atoms with E-state index in [-0.39, 0.29) is 0 Å². The van der Waals surface area contributed by atoms with E-state index < -0.39 is 0 Å². The average molecular weight is 277 g/mol. The summed E-state index contributed by atoms with van der Waals surface area (Å²) in [6, 6.07) is 0. The van der Waals surface area contributed by atoms with Crippen molar-refractivity contribution in [2.45, 2.75) is 27.2 Å². The first kappa shape index (κ1) is 15.2. The van der Waals surface area contributed by atoms with Crippen molar-refractivity contribution in [2.75, 3.05) is 44.2 Å². The van der Waals surface area contributed by atoms with Gasteiger partial charge in [-0.2, -0.15) is 0 Å². The second kappa shape index (κ2) is 6.99. The first-order chi connectivity index (χ1) is 9.60. The van der Waals surface area contributed by atoms with Crippen molar-refractivity contribution in [1.82, 2.24) is 14.9 Å². The molecule has 1 aliphatic heterocycles. The summed E-state index contributed by atoms with van der Waals surface area (Å²) in [5.74, 6) is 1.63. The predicted molar refractivity (Wildman–Crippen MR) is 83.0 cm³/mol. The third-order valence-electron chi connectivity index (χ3n) is 3.91. The number of hydrogen-bond donors (Lipinski definition) is 1. The summed E-state index contributed by atoms with van der Waals surface area (Å²) >= 11 is 0. The summed E-state index contributed by atoms with van der Waals surface area (Å²) in [4.78, 5) is 14.0. The van der Waals surface area contributed by atoms with E-state index in [0.29, 0.717) is 5.92 Å². The van der Waals surface area contributed by atoms with Crippen LogP contribution in [0.5, 0.6) is 0 Å². The SMILES string of the molecule is Cc1cnc(C)c(N2CCCN(CC(C)CN)CC2)n1. The lowest BCUT2D eigenvalue weighted by atomic mass is 10.1. The van der Waals surface area contributed by atoms with Crippen molar-refractivity contribution in [3.63, 3.8) is 0 Å². The number of aromatic nitrogens is 2. The van der Waals surface area contributed by atoms with Gasteiger partial charge in [-0.1, -0.05) is 6.92 Å². The van der Waals surface area contributed by atoms with Gasteiger partial charge in [-0.25, -0.2) is 4.98 Å². The molecule has 0 spiro atoms. The van der Waals surface area contributed by atoms with Crippen LogP contribution in [-0.4, -0.2) is 54.1 Å². The first-order valence-corrected chi connectivity index (χ1v) is 7.57. The fourth-order valence-corrected chi connectivity index (χ4v) is 2.70. The highest BCUT2D eigenvalue weighted by molar-refractivity contribution is 5.43. The van der Waals surface area contributed by atoms with Crippen LogP contribution in [0.3, 0.4) is 0 Å². The second-order valence-electron chi connectivity index (χ2n) is 5.90. The molecule has 0 aliphatic carbocycles. The molecule has 1 saturated heterocycles. The second-order valence-corrected chi connectivity index (χ2v) is 5.90. The Kier molecular flexibility index (Phi) is 5.31. The van der Waals surface area contributed by atoms with Crippen molar-refractivity contribution in [3.05, 3.63) is 17.6 Å². The van der Waals surface area contributed by atoms with E-state index in [9.17, 15) is 0 Å². The van der Waals surface area contributed by atoms with E-state index in [1.165, 1.54) is 6.42 Å². The fourth-order valence-electron chi connectivity index (χ4n) is 2.70. The maximum Gasteiger partial charge on any atom is 0.150 e. The zero-order valence-electron chi connectivity index (χ0n) is 13.0. The van der Waals surface area contributed by atoms with Gasteiger partial charge in [-0.15, -0.1) is 0 Å². The lowest BCUT2D eigenvalue weighted by molar-refractivity contribution is 0.255. The summed E-state index contributed by atoms with van der Waals surface area (Å²) in [5.41, 5.74) is 7.74. The van der Waals surface area contributed by atoms with Crippen LogP contribution in [0, 0.1) is 19.8 Å². The van der Waals surface area contributed by atoms with Crippen LogP contribution in [0.4, 0.5) is 5.82 Å². The van der Waals surface area contributed by atoms with Gasteiger partial charge in [0.05, 0.1) is 11.4 Å². The van der Waals surface area contributed by atoms with Gasteiger partial charge >= 0.3 is 0 Å². The van der Waals surface area contributed by atoms with Crippen LogP contribution < -0.4 is 10.6 Å². The summed E-state index contributed by atoms with van der Waals surface area (Å²) in [5, 5.41) is 0. The normalized spacial score (nSPS) is 18.9. The molecular formula is C15H27N5. The molecule has 2 heterocycles. The fraction of sp³-hybridized carbons (Fsp3) is 0.733. The Morgan fingerprint density at radius 3 is 2.80 bits per heavy atom. The van der Waals surface area contributed by atoms with Crippen LogP contribution in [0.2, 0.25) is 0 Å². The van der Waals surface area contributed by atoms with Crippen molar-refractivity contribution < 1.29 is 0 Å². The highest BCUT2D eigenvalue weighted by Gasteiger charge is 2.18. The third-order valence-corrected chi connectivity index (χ3v) is 3.91. The highest BCUT2D eigenvalue weighted by Crippen LogP contribution is 2.17. The number of rotatable bonds is 4. The molecule has 1 atom stereocenters. The van der Waals surface area contributed by atoms with Crippen LogP contribution >= 0.6 is 0 Å². The largest absolute Gasteiger partial charge is 0.354 e. The molecule has 0 aromatic carbocycles. The van der Waals surface area contributed by atoms with Gasteiger partial charge in [0.15, 0.2) is 0 Å². The molecule has 1 aromatic heterocycles. The summed E-state index contributed by atoms with van der Waals surface area (Å²) in [7, 11) is 0.